The summed E-state index contributed by atoms with van der Waals surface area (Å²) in [4.78, 5) is 0. The Hall–Kier alpha value is -1.18. The van der Waals surface area contributed by atoms with E-state index in [4.69, 9.17) is 9.47 Å². The summed E-state index contributed by atoms with van der Waals surface area (Å²) in [5.41, 5.74) is 3.45. The molecule has 1 aromatic carbocycles. The molecule has 0 unspecified atom stereocenters. The minimum Gasteiger partial charge on any atom is -0.496 e. The van der Waals surface area contributed by atoms with Crippen molar-refractivity contribution in [2.75, 3.05) is 7.11 Å². The molecule has 1 heterocycles. The average molecular weight is 343 g/mol. The molecule has 2 heteroatoms. The summed E-state index contributed by atoms with van der Waals surface area (Å²) in [6.07, 6.45) is 7.02. The van der Waals surface area contributed by atoms with E-state index < -0.39 is 0 Å². The van der Waals surface area contributed by atoms with Crippen LogP contribution in [0.1, 0.15) is 76.8 Å². The molecule has 138 valence electrons. The van der Waals surface area contributed by atoms with Crippen LogP contribution in [-0.4, -0.2) is 13.2 Å². The molecular formula is C23H34O2. The second kappa shape index (κ2) is 5.66. The minimum absolute atomic E-state index is 0.324. The summed E-state index contributed by atoms with van der Waals surface area (Å²) in [6.45, 7) is 12.2. The van der Waals surface area contributed by atoms with Crippen LogP contribution in [0.3, 0.4) is 0 Å². The van der Waals surface area contributed by atoms with Crippen molar-refractivity contribution in [2.24, 2.45) is 22.7 Å². The lowest BCUT2D eigenvalue weighted by Gasteiger charge is -2.53. The first-order valence-electron chi connectivity index (χ1n) is 10.1. The van der Waals surface area contributed by atoms with Crippen molar-refractivity contribution in [3.05, 3.63) is 23.3 Å². The molecule has 2 saturated carbocycles. The van der Waals surface area contributed by atoms with Crippen molar-refractivity contribution in [1.29, 1.82) is 0 Å². The van der Waals surface area contributed by atoms with Crippen LogP contribution in [0.2, 0.25) is 0 Å². The van der Waals surface area contributed by atoms with E-state index in [0.717, 1.165) is 17.4 Å². The summed E-state index contributed by atoms with van der Waals surface area (Å²) in [7, 11) is 1.76. The largest absolute Gasteiger partial charge is 0.496 e. The van der Waals surface area contributed by atoms with Gasteiger partial charge in [0.05, 0.1) is 7.11 Å². The van der Waals surface area contributed by atoms with Crippen LogP contribution < -0.4 is 9.47 Å². The fraction of sp³-hybridized carbons (Fsp3) is 0.739. The van der Waals surface area contributed by atoms with Gasteiger partial charge in [-0.2, -0.15) is 0 Å². The monoisotopic (exact) mass is 342 g/mol. The first kappa shape index (κ1) is 17.2. The molecule has 2 fully saturated rings. The van der Waals surface area contributed by atoms with Gasteiger partial charge in [0.2, 0.25) is 0 Å². The molecule has 3 aliphatic rings. The third-order valence-corrected chi connectivity index (χ3v) is 7.91. The molecule has 0 saturated heterocycles. The summed E-state index contributed by atoms with van der Waals surface area (Å²) in [5, 5.41) is 0. The normalized spacial score (nSPS) is 38.8. The number of aryl methyl sites for hydroxylation is 1. The van der Waals surface area contributed by atoms with Gasteiger partial charge in [-0.25, -0.2) is 0 Å². The fourth-order valence-corrected chi connectivity index (χ4v) is 6.68. The Morgan fingerprint density at radius 2 is 1.88 bits per heavy atom. The van der Waals surface area contributed by atoms with E-state index in [1.807, 2.05) is 0 Å². The van der Waals surface area contributed by atoms with E-state index in [0.29, 0.717) is 28.8 Å². The number of ether oxygens (including phenoxy) is 2. The van der Waals surface area contributed by atoms with Gasteiger partial charge in [-0.15, -0.1) is 0 Å². The first-order chi connectivity index (χ1) is 11.8. The molecule has 1 aliphatic heterocycles. The first-order valence-corrected chi connectivity index (χ1v) is 10.1. The summed E-state index contributed by atoms with van der Waals surface area (Å²) in [5.74, 6) is 3.95. The van der Waals surface area contributed by atoms with Gasteiger partial charge in [-0.05, 0) is 66.9 Å². The number of methoxy groups -OCH3 is 1. The van der Waals surface area contributed by atoms with Crippen LogP contribution in [0.5, 0.6) is 11.5 Å². The van der Waals surface area contributed by atoms with Gasteiger partial charge in [0, 0.05) is 17.5 Å². The average Bonchev–Trinajstić information content (AvgIpc) is 2.86. The lowest BCUT2D eigenvalue weighted by Crippen LogP contribution is -2.46. The maximum absolute atomic E-state index is 6.60. The Kier molecular flexibility index (Phi) is 3.90. The second-order valence-electron chi connectivity index (χ2n) is 9.87. The molecule has 2 aliphatic carbocycles. The Morgan fingerprint density at radius 3 is 2.60 bits per heavy atom. The highest BCUT2D eigenvalue weighted by atomic mass is 16.5. The predicted molar refractivity (Wildman–Crippen MR) is 103 cm³/mol. The molecule has 25 heavy (non-hydrogen) atoms. The third-order valence-electron chi connectivity index (χ3n) is 7.91. The highest BCUT2D eigenvalue weighted by Gasteiger charge is 2.58. The lowest BCUT2D eigenvalue weighted by molar-refractivity contribution is -0.0303. The topological polar surface area (TPSA) is 18.5 Å². The van der Waals surface area contributed by atoms with Crippen LogP contribution in [0.25, 0.3) is 0 Å². The Bertz CT molecular complexity index is 677. The van der Waals surface area contributed by atoms with Crippen molar-refractivity contribution >= 4 is 0 Å². The third kappa shape index (κ3) is 2.43. The van der Waals surface area contributed by atoms with Crippen molar-refractivity contribution in [2.45, 2.75) is 78.7 Å². The van der Waals surface area contributed by atoms with Crippen molar-refractivity contribution in [1.82, 2.24) is 0 Å². The van der Waals surface area contributed by atoms with Crippen molar-refractivity contribution in [3.63, 3.8) is 0 Å². The van der Waals surface area contributed by atoms with E-state index in [1.54, 1.807) is 7.11 Å². The zero-order valence-electron chi connectivity index (χ0n) is 16.8. The van der Waals surface area contributed by atoms with Crippen LogP contribution in [-0.2, 0) is 0 Å². The number of benzene rings is 1. The quantitative estimate of drug-likeness (QED) is 0.613. The Balaban J connectivity index is 1.86. The maximum atomic E-state index is 6.60. The van der Waals surface area contributed by atoms with Crippen LogP contribution in [0.15, 0.2) is 12.1 Å². The Morgan fingerprint density at radius 1 is 1.12 bits per heavy atom. The van der Waals surface area contributed by atoms with Crippen LogP contribution in [0, 0.1) is 29.6 Å². The molecule has 4 rings (SSSR count). The van der Waals surface area contributed by atoms with E-state index in [1.165, 1.54) is 43.2 Å². The molecule has 0 bridgehead atoms. The van der Waals surface area contributed by atoms with E-state index in [-0.39, 0.29) is 0 Å². The number of rotatable bonds is 1. The highest BCUT2D eigenvalue weighted by Crippen LogP contribution is 2.65. The van der Waals surface area contributed by atoms with E-state index in [9.17, 15) is 0 Å². The Labute approximate surface area is 153 Å². The molecule has 0 radical (unpaired) electrons. The molecule has 1 aromatic rings. The summed E-state index contributed by atoms with van der Waals surface area (Å²) < 4.78 is 12.2. The zero-order chi connectivity index (χ0) is 18.0. The second-order valence-corrected chi connectivity index (χ2v) is 9.87. The molecular weight excluding hydrogens is 308 g/mol. The number of hydrogen-bond donors (Lipinski definition) is 0. The smallest absolute Gasteiger partial charge is 0.127 e. The standard InChI is InChI=1S/C23H34O2/c1-14-8-9-19-22(3,4)10-7-11-23(19,5)20-16-12-15(2)17(24-6)13-18(16)25-21(14)20/h12-14,19-21H,7-11H2,1-6H3/t14-,19+,20+,21+,23+/m1/s1. The minimum atomic E-state index is 0.324. The maximum Gasteiger partial charge on any atom is 0.127 e. The van der Waals surface area contributed by atoms with Gasteiger partial charge in [-0.3, -0.25) is 0 Å². The van der Waals surface area contributed by atoms with E-state index in [2.05, 4.69) is 46.8 Å². The summed E-state index contributed by atoms with van der Waals surface area (Å²) in [6, 6.07) is 4.50. The predicted octanol–water partition coefficient (Wildman–Crippen LogP) is 6.11. The van der Waals surface area contributed by atoms with Crippen molar-refractivity contribution in [3.8, 4) is 11.5 Å². The SMILES string of the molecule is COc1cc2c(cc1C)[C@H]1[C@@H](O2)[C@H](C)CC[C@H]2C(C)(C)CCC[C@]12C. The van der Waals surface area contributed by atoms with Gasteiger partial charge in [0.15, 0.2) is 0 Å². The molecule has 5 atom stereocenters. The van der Waals surface area contributed by atoms with Gasteiger partial charge in [-0.1, -0.05) is 34.1 Å². The summed E-state index contributed by atoms with van der Waals surface area (Å²) >= 11 is 0. The molecule has 0 aromatic heterocycles. The van der Waals surface area contributed by atoms with Gasteiger partial charge >= 0.3 is 0 Å². The molecule has 2 nitrogen and oxygen atoms in total. The lowest BCUT2D eigenvalue weighted by atomic mass is 9.51. The molecule has 0 N–H and O–H groups in total. The van der Waals surface area contributed by atoms with Gasteiger partial charge < -0.3 is 9.47 Å². The zero-order valence-corrected chi connectivity index (χ0v) is 16.8. The van der Waals surface area contributed by atoms with Crippen LogP contribution >= 0.6 is 0 Å². The number of fused-ring (bicyclic) bond motifs is 5. The number of hydrogen-bond acceptors (Lipinski definition) is 2. The van der Waals surface area contributed by atoms with Gasteiger partial charge in [0.25, 0.3) is 0 Å². The highest BCUT2D eigenvalue weighted by molar-refractivity contribution is 5.51. The molecule has 0 spiro atoms. The van der Waals surface area contributed by atoms with Gasteiger partial charge in [0.1, 0.15) is 17.6 Å². The van der Waals surface area contributed by atoms with Crippen molar-refractivity contribution < 1.29 is 9.47 Å². The van der Waals surface area contributed by atoms with E-state index >= 15 is 0 Å². The van der Waals surface area contributed by atoms with Crippen LogP contribution in [0.4, 0.5) is 0 Å². The fourth-order valence-electron chi connectivity index (χ4n) is 6.68. The molecule has 0 amide bonds.